The first-order valence-electron chi connectivity index (χ1n) is 6.74. The molecule has 3 heteroatoms. The molecule has 19 heavy (non-hydrogen) atoms. The van der Waals surface area contributed by atoms with Gasteiger partial charge in [-0.2, -0.15) is 0 Å². The van der Waals surface area contributed by atoms with Gasteiger partial charge in [-0.3, -0.25) is 0 Å². The number of allylic oxidation sites excluding steroid dienone is 1. The lowest BCUT2D eigenvalue weighted by atomic mass is 10.0. The molecule has 0 aromatic heterocycles. The summed E-state index contributed by atoms with van der Waals surface area (Å²) in [5.41, 5.74) is 3.50. The molecule has 0 atom stereocenters. The molecule has 0 spiro atoms. The Morgan fingerprint density at radius 2 is 2.16 bits per heavy atom. The van der Waals surface area contributed by atoms with Crippen LogP contribution in [0.15, 0.2) is 29.8 Å². The molecule has 1 aromatic carbocycles. The predicted octanol–water partition coefficient (Wildman–Crippen LogP) is 3.25. The van der Waals surface area contributed by atoms with Crippen LogP contribution >= 0.6 is 0 Å². The minimum absolute atomic E-state index is 0.158. The Morgan fingerprint density at radius 1 is 1.37 bits per heavy atom. The lowest BCUT2D eigenvalue weighted by Gasteiger charge is -2.07. The molecular weight excluding hydrogens is 241 g/mol. The summed E-state index contributed by atoms with van der Waals surface area (Å²) >= 11 is 0. The summed E-state index contributed by atoms with van der Waals surface area (Å²) in [4.78, 5) is 0. The van der Waals surface area contributed by atoms with Crippen molar-refractivity contribution in [2.45, 2.75) is 26.7 Å². The Kier molecular flexibility index (Phi) is 7.38. The van der Waals surface area contributed by atoms with Gasteiger partial charge >= 0.3 is 0 Å². The minimum atomic E-state index is -0.158. The molecule has 0 heterocycles. The van der Waals surface area contributed by atoms with E-state index in [0.717, 1.165) is 43.7 Å². The number of benzene rings is 1. The zero-order valence-electron chi connectivity index (χ0n) is 12.1. The monoisotopic (exact) mass is 265 g/mol. The molecule has 0 radical (unpaired) electrons. The highest BCUT2D eigenvalue weighted by atomic mass is 19.1. The summed E-state index contributed by atoms with van der Waals surface area (Å²) < 4.78 is 18.1. The van der Waals surface area contributed by atoms with Crippen LogP contribution in [0.2, 0.25) is 0 Å². The zero-order valence-corrected chi connectivity index (χ0v) is 12.1. The van der Waals surface area contributed by atoms with Crippen molar-refractivity contribution < 1.29 is 9.13 Å². The van der Waals surface area contributed by atoms with Gasteiger partial charge in [-0.05, 0) is 56.5 Å². The van der Waals surface area contributed by atoms with E-state index in [4.69, 9.17) is 4.74 Å². The topological polar surface area (TPSA) is 21.3 Å². The van der Waals surface area contributed by atoms with Crippen LogP contribution < -0.4 is 5.32 Å². The van der Waals surface area contributed by atoms with E-state index in [2.05, 4.69) is 18.3 Å². The van der Waals surface area contributed by atoms with Crippen molar-refractivity contribution in [2.24, 2.45) is 0 Å². The van der Waals surface area contributed by atoms with Gasteiger partial charge in [0.25, 0.3) is 0 Å². The molecule has 106 valence electrons. The average molecular weight is 265 g/mol. The number of aryl methyl sites for hydroxylation is 1. The molecular formula is C16H24FNO. The van der Waals surface area contributed by atoms with Crippen molar-refractivity contribution in [2.75, 3.05) is 26.8 Å². The third-order valence-corrected chi connectivity index (χ3v) is 3.08. The van der Waals surface area contributed by atoms with Crippen LogP contribution in [0.5, 0.6) is 0 Å². The Hall–Kier alpha value is -1.19. The highest BCUT2D eigenvalue weighted by molar-refractivity contribution is 5.30. The normalized spacial score (nSPS) is 11.9. The SMILES string of the molecule is COCCNCC/C=C(/C)Cc1cc(F)ccc1C. The van der Waals surface area contributed by atoms with Crippen LogP contribution in [0.3, 0.4) is 0 Å². The van der Waals surface area contributed by atoms with Crippen LogP contribution in [0.1, 0.15) is 24.5 Å². The van der Waals surface area contributed by atoms with E-state index >= 15 is 0 Å². The molecule has 1 aromatic rings. The van der Waals surface area contributed by atoms with Crippen molar-refractivity contribution in [1.82, 2.24) is 5.32 Å². The highest BCUT2D eigenvalue weighted by Crippen LogP contribution is 2.14. The van der Waals surface area contributed by atoms with Crippen LogP contribution in [-0.2, 0) is 11.2 Å². The second-order valence-electron chi connectivity index (χ2n) is 4.83. The van der Waals surface area contributed by atoms with Crippen molar-refractivity contribution >= 4 is 0 Å². The fraction of sp³-hybridized carbons (Fsp3) is 0.500. The van der Waals surface area contributed by atoms with Gasteiger partial charge in [-0.15, -0.1) is 0 Å². The summed E-state index contributed by atoms with van der Waals surface area (Å²) in [6, 6.07) is 4.98. The minimum Gasteiger partial charge on any atom is -0.383 e. The highest BCUT2D eigenvalue weighted by Gasteiger charge is 2.01. The van der Waals surface area contributed by atoms with E-state index < -0.39 is 0 Å². The van der Waals surface area contributed by atoms with Gasteiger partial charge in [0, 0.05) is 13.7 Å². The van der Waals surface area contributed by atoms with E-state index in [1.807, 2.05) is 13.0 Å². The van der Waals surface area contributed by atoms with Crippen LogP contribution in [0.4, 0.5) is 4.39 Å². The third-order valence-electron chi connectivity index (χ3n) is 3.08. The average Bonchev–Trinajstić information content (AvgIpc) is 2.38. The molecule has 2 nitrogen and oxygen atoms in total. The van der Waals surface area contributed by atoms with Gasteiger partial charge in [-0.1, -0.05) is 17.7 Å². The largest absolute Gasteiger partial charge is 0.383 e. The number of ether oxygens (including phenoxy) is 1. The molecule has 0 saturated heterocycles. The van der Waals surface area contributed by atoms with E-state index in [1.165, 1.54) is 11.6 Å². The smallest absolute Gasteiger partial charge is 0.123 e. The maximum Gasteiger partial charge on any atom is 0.123 e. The molecule has 0 aliphatic heterocycles. The molecule has 1 rings (SSSR count). The van der Waals surface area contributed by atoms with Gasteiger partial charge in [0.1, 0.15) is 5.82 Å². The molecule has 0 bridgehead atoms. The van der Waals surface area contributed by atoms with E-state index in [1.54, 1.807) is 13.2 Å². The number of methoxy groups -OCH3 is 1. The van der Waals surface area contributed by atoms with Crippen LogP contribution in [-0.4, -0.2) is 26.8 Å². The van der Waals surface area contributed by atoms with Gasteiger partial charge in [0.15, 0.2) is 0 Å². The summed E-state index contributed by atoms with van der Waals surface area (Å²) in [6.07, 6.45) is 4.02. The summed E-state index contributed by atoms with van der Waals surface area (Å²) in [7, 11) is 1.70. The van der Waals surface area contributed by atoms with Gasteiger partial charge in [-0.25, -0.2) is 4.39 Å². The lowest BCUT2D eigenvalue weighted by molar-refractivity contribution is 0.199. The number of hydrogen-bond acceptors (Lipinski definition) is 2. The maximum absolute atomic E-state index is 13.2. The van der Waals surface area contributed by atoms with E-state index in [9.17, 15) is 4.39 Å². The summed E-state index contributed by atoms with van der Waals surface area (Å²) in [5.74, 6) is -0.158. The van der Waals surface area contributed by atoms with E-state index in [0.29, 0.717) is 0 Å². The summed E-state index contributed by atoms with van der Waals surface area (Å²) in [5, 5.41) is 3.30. The number of rotatable bonds is 8. The second-order valence-corrected chi connectivity index (χ2v) is 4.83. The van der Waals surface area contributed by atoms with Gasteiger partial charge in [0.2, 0.25) is 0 Å². The van der Waals surface area contributed by atoms with Crippen LogP contribution in [0, 0.1) is 12.7 Å². The van der Waals surface area contributed by atoms with Gasteiger partial charge in [0.05, 0.1) is 6.61 Å². The van der Waals surface area contributed by atoms with Crippen molar-refractivity contribution in [3.8, 4) is 0 Å². The number of halogens is 1. The summed E-state index contributed by atoms with van der Waals surface area (Å²) in [6.45, 7) is 6.69. The van der Waals surface area contributed by atoms with Crippen molar-refractivity contribution in [3.05, 3.63) is 46.8 Å². The molecule has 0 saturated carbocycles. The standard InChI is InChI=1S/C16H24FNO/c1-13(5-4-8-18-9-10-19-3)11-15-12-16(17)7-6-14(15)2/h5-7,12,18H,4,8-11H2,1-3H3/b13-5-. The number of nitrogens with one attached hydrogen (secondary N) is 1. The molecule has 0 unspecified atom stereocenters. The lowest BCUT2D eigenvalue weighted by Crippen LogP contribution is -2.19. The zero-order chi connectivity index (χ0) is 14.1. The number of hydrogen-bond donors (Lipinski definition) is 1. The molecule has 0 fully saturated rings. The molecule has 1 N–H and O–H groups in total. The first-order valence-corrected chi connectivity index (χ1v) is 6.74. The maximum atomic E-state index is 13.2. The quantitative estimate of drug-likeness (QED) is 0.575. The van der Waals surface area contributed by atoms with E-state index in [-0.39, 0.29) is 5.82 Å². The molecule has 0 aliphatic rings. The Balaban J connectivity index is 2.37. The van der Waals surface area contributed by atoms with Crippen molar-refractivity contribution in [3.63, 3.8) is 0 Å². The molecule has 0 aliphatic carbocycles. The molecule has 0 amide bonds. The van der Waals surface area contributed by atoms with Gasteiger partial charge < -0.3 is 10.1 Å². The first-order chi connectivity index (χ1) is 9.13. The Bertz CT molecular complexity index is 415. The fourth-order valence-corrected chi connectivity index (χ4v) is 1.92. The fourth-order valence-electron chi connectivity index (χ4n) is 1.92. The van der Waals surface area contributed by atoms with Crippen molar-refractivity contribution in [1.29, 1.82) is 0 Å². The second kappa shape index (κ2) is 8.83. The predicted molar refractivity (Wildman–Crippen MR) is 78.0 cm³/mol. The first kappa shape index (κ1) is 15.9. The Labute approximate surface area is 115 Å². The Morgan fingerprint density at radius 3 is 2.89 bits per heavy atom. The van der Waals surface area contributed by atoms with Crippen LogP contribution in [0.25, 0.3) is 0 Å². The third kappa shape index (κ3) is 6.50.